The van der Waals surface area contributed by atoms with Crippen LogP contribution >= 0.6 is 0 Å². The van der Waals surface area contributed by atoms with E-state index in [0.717, 1.165) is 32.6 Å². The zero-order valence-corrected chi connectivity index (χ0v) is 8.53. The van der Waals surface area contributed by atoms with Gasteiger partial charge in [0.05, 0.1) is 6.33 Å². The summed E-state index contributed by atoms with van der Waals surface area (Å²) in [7, 11) is 0. The standard InChI is InChI=1S/C10H15N3O2/c14-10-5-9(12-7-13-10)11-6-8-1-3-15-4-2-8/h5,7-8H,1-4,6H2,(H2,11,12,13,14). The van der Waals surface area contributed by atoms with Gasteiger partial charge in [0.1, 0.15) is 5.82 Å². The third-order valence-electron chi connectivity index (χ3n) is 2.59. The number of rotatable bonds is 3. The minimum Gasteiger partial charge on any atom is -0.381 e. The first kappa shape index (κ1) is 10.2. The summed E-state index contributed by atoms with van der Waals surface area (Å²) in [5.41, 5.74) is -0.125. The second kappa shape index (κ2) is 4.93. The Morgan fingerprint density at radius 3 is 3.07 bits per heavy atom. The molecule has 15 heavy (non-hydrogen) atoms. The Labute approximate surface area is 87.9 Å². The van der Waals surface area contributed by atoms with E-state index in [1.54, 1.807) is 0 Å². The molecule has 0 amide bonds. The minimum atomic E-state index is -0.125. The zero-order valence-electron chi connectivity index (χ0n) is 8.53. The summed E-state index contributed by atoms with van der Waals surface area (Å²) in [6.45, 7) is 2.55. The van der Waals surface area contributed by atoms with Crippen molar-refractivity contribution in [1.29, 1.82) is 0 Å². The van der Waals surface area contributed by atoms with Crippen LogP contribution in [0.15, 0.2) is 17.2 Å². The monoisotopic (exact) mass is 209 g/mol. The molecule has 0 atom stereocenters. The third kappa shape index (κ3) is 3.06. The lowest BCUT2D eigenvalue weighted by Crippen LogP contribution is -2.23. The van der Waals surface area contributed by atoms with Crippen molar-refractivity contribution in [3.8, 4) is 0 Å². The van der Waals surface area contributed by atoms with Crippen LogP contribution in [0.2, 0.25) is 0 Å². The van der Waals surface area contributed by atoms with E-state index >= 15 is 0 Å². The summed E-state index contributed by atoms with van der Waals surface area (Å²) in [6, 6.07) is 1.47. The van der Waals surface area contributed by atoms with Crippen molar-refractivity contribution in [2.24, 2.45) is 5.92 Å². The van der Waals surface area contributed by atoms with Crippen LogP contribution in [0, 0.1) is 5.92 Å². The first-order chi connectivity index (χ1) is 7.34. The Morgan fingerprint density at radius 1 is 1.53 bits per heavy atom. The minimum absolute atomic E-state index is 0.125. The zero-order chi connectivity index (χ0) is 10.5. The lowest BCUT2D eigenvalue weighted by molar-refractivity contribution is 0.0699. The van der Waals surface area contributed by atoms with Crippen LogP contribution < -0.4 is 10.9 Å². The van der Waals surface area contributed by atoms with Gasteiger partial charge in [-0.15, -0.1) is 0 Å². The fourth-order valence-electron chi connectivity index (χ4n) is 1.66. The quantitative estimate of drug-likeness (QED) is 0.765. The maximum Gasteiger partial charge on any atom is 0.252 e. The third-order valence-corrected chi connectivity index (χ3v) is 2.59. The number of hydrogen-bond acceptors (Lipinski definition) is 4. The maximum atomic E-state index is 11.0. The fourth-order valence-corrected chi connectivity index (χ4v) is 1.66. The fraction of sp³-hybridized carbons (Fsp3) is 0.600. The van der Waals surface area contributed by atoms with E-state index in [1.807, 2.05) is 0 Å². The Hall–Kier alpha value is -1.36. The second-order valence-corrected chi connectivity index (χ2v) is 3.73. The van der Waals surface area contributed by atoms with Crippen molar-refractivity contribution in [3.05, 3.63) is 22.7 Å². The average molecular weight is 209 g/mol. The van der Waals surface area contributed by atoms with Crippen LogP contribution in [-0.4, -0.2) is 29.7 Å². The summed E-state index contributed by atoms with van der Waals surface area (Å²) in [4.78, 5) is 17.5. The lowest BCUT2D eigenvalue weighted by Gasteiger charge is -2.22. The predicted molar refractivity (Wildman–Crippen MR) is 56.9 cm³/mol. The molecule has 1 aromatic heterocycles. The molecule has 0 bridgehead atoms. The van der Waals surface area contributed by atoms with Gasteiger partial charge in [-0.3, -0.25) is 4.79 Å². The van der Waals surface area contributed by atoms with E-state index in [4.69, 9.17) is 4.74 Å². The number of aromatic amines is 1. The van der Waals surface area contributed by atoms with Gasteiger partial charge in [0.15, 0.2) is 0 Å². The van der Waals surface area contributed by atoms with Crippen molar-refractivity contribution in [3.63, 3.8) is 0 Å². The van der Waals surface area contributed by atoms with Gasteiger partial charge in [-0.2, -0.15) is 0 Å². The summed E-state index contributed by atoms with van der Waals surface area (Å²) >= 11 is 0. The van der Waals surface area contributed by atoms with Crippen molar-refractivity contribution >= 4 is 5.82 Å². The van der Waals surface area contributed by atoms with Crippen LogP contribution in [0.3, 0.4) is 0 Å². The van der Waals surface area contributed by atoms with Crippen LogP contribution in [0.5, 0.6) is 0 Å². The first-order valence-corrected chi connectivity index (χ1v) is 5.21. The molecule has 0 spiro atoms. The Bertz CT molecular complexity index is 358. The van der Waals surface area contributed by atoms with Gasteiger partial charge in [-0.05, 0) is 18.8 Å². The smallest absolute Gasteiger partial charge is 0.252 e. The number of hydrogen-bond donors (Lipinski definition) is 2. The van der Waals surface area contributed by atoms with Gasteiger partial charge in [0, 0.05) is 25.8 Å². The van der Waals surface area contributed by atoms with Gasteiger partial charge in [0.25, 0.3) is 5.56 Å². The molecule has 1 aliphatic heterocycles. The van der Waals surface area contributed by atoms with Gasteiger partial charge < -0.3 is 15.0 Å². The predicted octanol–water partition coefficient (Wildman–Crippen LogP) is 0.608. The number of ether oxygens (including phenoxy) is 1. The van der Waals surface area contributed by atoms with Crippen molar-refractivity contribution < 1.29 is 4.74 Å². The summed E-state index contributed by atoms with van der Waals surface area (Å²) < 4.78 is 5.27. The largest absolute Gasteiger partial charge is 0.381 e. The summed E-state index contributed by atoms with van der Waals surface area (Å²) in [5, 5.41) is 3.17. The number of anilines is 1. The molecule has 0 radical (unpaired) electrons. The molecular weight excluding hydrogens is 194 g/mol. The molecule has 1 aromatic rings. The molecule has 1 saturated heterocycles. The molecule has 0 aliphatic carbocycles. The highest BCUT2D eigenvalue weighted by atomic mass is 16.5. The van der Waals surface area contributed by atoms with Gasteiger partial charge in [-0.1, -0.05) is 0 Å². The SMILES string of the molecule is O=c1cc(NCC2CCOCC2)nc[nH]1. The topological polar surface area (TPSA) is 67.0 Å². The van der Waals surface area contributed by atoms with Crippen molar-refractivity contribution in [2.45, 2.75) is 12.8 Å². The summed E-state index contributed by atoms with van der Waals surface area (Å²) in [5.74, 6) is 1.27. The van der Waals surface area contributed by atoms with Gasteiger partial charge in [-0.25, -0.2) is 4.98 Å². The maximum absolute atomic E-state index is 11.0. The van der Waals surface area contributed by atoms with E-state index in [0.29, 0.717) is 11.7 Å². The van der Waals surface area contributed by atoms with Crippen LogP contribution in [0.25, 0.3) is 0 Å². The van der Waals surface area contributed by atoms with Gasteiger partial charge in [0.2, 0.25) is 0 Å². The molecule has 5 heteroatoms. The molecule has 1 fully saturated rings. The number of aromatic nitrogens is 2. The second-order valence-electron chi connectivity index (χ2n) is 3.73. The van der Waals surface area contributed by atoms with E-state index in [9.17, 15) is 4.79 Å². The Balaban J connectivity index is 1.84. The van der Waals surface area contributed by atoms with E-state index in [1.165, 1.54) is 12.4 Å². The van der Waals surface area contributed by atoms with Crippen LogP contribution in [-0.2, 0) is 4.74 Å². The molecule has 2 rings (SSSR count). The van der Waals surface area contributed by atoms with Crippen LogP contribution in [0.4, 0.5) is 5.82 Å². The molecule has 2 N–H and O–H groups in total. The molecule has 0 aromatic carbocycles. The summed E-state index contributed by atoms with van der Waals surface area (Å²) in [6.07, 6.45) is 3.57. The lowest BCUT2D eigenvalue weighted by atomic mass is 10.0. The van der Waals surface area contributed by atoms with Crippen molar-refractivity contribution in [2.75, 3.05) is 25.1 Å². The van der Waals surface area contributed by atoms with E-state index in [2.05, 4.69) is 15.3 Å². The van der Waals surface area contributed by atoms with E-state index < -0.39 is 0 Å². The molecule has 0 saturated carbocycles. The molecule has 5 nitrogen and oxygen atoms in total. The molecule has 0 unspecified atom stereocenters. The highest BCUT2D eigenvalue weighted by Gasteiger charge is 2.13. The van der Waals surface area contributed by atoms with Gasteiger partial charge >= 0.3 is 0 Å². The average Bonchev–Trinajstić information content (AvgIpc) is 2.28. The molecule has 2 heterocycles. The molecule has 1 aliphatic rings. The van der Waals surface area contributed by atoms with Crippen LogP contribution in [0.1, 0.15) is 12.8 Å². The first-order valence-electron chi connectivity index (χ1n) is 5.21. The number of H-pyrrole nitrogens is 1. The highest BCUT2D eigenvalue weighted by molar-refractivity contribution is 5.31. The number of nitrogens with one attached hydrogen (secondary N) is 2. The number of nitrogens with zero attached hydrogens (tertiary/aromatic N) is 1. The van der Waals surface area contributed by atoms with Crippen molar-refractivity contribution in [1.82, 2.24) is 9.97 Å². The Morgan fingerprint density at radius 2 is 2.33 bits per heavy atom. The normalized spacial score (nSPS) is 17.6. The van der Waals surface area contributed by atoms with E-state index in [-0.39, 0.29) is 5.56 Å². The molecular formula is C10H15N3O2. The highest BCUT2D eigenvalue weighted by Crippen LogP contribution is 2.14. The Kier molecular flexibility index (Phi) is 3.34. The molecule has 82 valence electrons.